The number of nitrogens with one attached hydrogen (secondary N) is 1. The molecule has 1 fully saturated rings. The molecule has 3 rings (SSSR count). The highest BCUT2D eigenvalue weighted by Gasteiger charge is 2.19. The van der Waals surface area contributed by atoms with Crippen LogP contribution in [0.4, 0.5) is 0 Å². The van der Waals surface area contributed by atoms with Gasteiger partial charge in [-0.2, -0.15) is 0 Å². The number of hydrogen-bond donors (Lipinski definition) is 1. The van der Waals surface area contributed by atoms with Gasteiger partial charge in [0.2, 0.25) is 5.91 Å². The first kappa shape index (κ1) is 20.0. The molecule has 2 aromatic rings. The number of halogens is 1. The highest BCUT2D eigenvalue weighted by Crippen LogP contribution is 2.33. The minimum atomic E-state index is 0.0550. The van der Waals surface area contributed by atoms with Crippen LogP contribution in [0.3, 0.4) is 0 Å². The second-order valence-corrected chi connectivity index (χ2v) is 7.97. The average Bonchev–Trinajstić information content (AvgIpc) is 3.10. The quantitative estimate of drug-likeness (QED) is 0.696. The molecule has 0 radical (unpaired) electrons. The summed E-state index contributed by atoms with van der Waals surface area (Å²) < 4.78 is 7.41. The fourth-order valence-electron chi connectivity index (χ4n) is 3.38. The molecule has 1 aromatic carbocycles. The summed E-state index contributed by atoms with van der Waals surface area (Å²) in [6.45, 7) is 2.71. The zero-order valence-corrected chi connectivity index (χ0v) is 17.3. The van der Waals surface area contributed by atoms with E-state index in [1.807, 2.05) is 23.6 Å². The molecule has 0 atom stereocenters. The number of rotatable bonds is 7. The van der Waals surface area contributed by atoms with Crippen LogP contribution >= 0.6 is 23.4 Å². The molecule has 1 aliphatic carbocycles. The smallest absolute Gasteiger partial charge is 0.230 e. The first-order valence-electron chi connectivity index (χ1n) is 9.31. The number of amides is 1. The third-order valence-corrected chi connectivity index (χ3v) is 5.94. The molecule has 0 bridgehead atoms. The maximum absolute atomic E-state index is 12.3. The Kier molecular flexibility index (Phi) is 7.01. The van der Waals surface area contributed by atoms with Crippen molar-refractivity contribution in [2.24, 2.45) is 0 Å². The van der Waals surface area contributed by atoms with E-state index in [1.54, 1.807) is 13.2 Å². The van der Waals surface area contributed by atoms with Crippen LogP contribution in [0.5, 0.6) is 5.75 Å². The number of benzene rings is 1. The maximum Gasteiger partial charge on any atom is 0.230 e. The monoisotopic (exact) mass is 408 g/mol. The number of hydrogen-bond acceptors (Lipinski definition) is 5. The molecule has 0 aliphatic heterocycles. The van der Waals surface area contributed by atoms with E-state index in [-0.39, 0.29) is 5.91 Å². The van der Waals surface area contributed by atoms with Gasteiger partial charge >= 0.3 is 0 Å². The van der Waals surface area contributed by atoms with E-state index >= 15 is 0 Å². The molecule has 1 N–H and O–H groups in total. The molecule has 0 unspecified atom stereocenters. The largest absolute Gasteiger partial charge is 0.496 e. The molecule has 0 spiro atoms. The standard InChI is InChI=1S/C19H25ClN4O2S/c1-3-24-18(15-11-13(20)9-10-16(15)26-2)22-23-19(24)27-12-17(25)21-14-7-5-4-6-8-14/h9-11,14H,3-8,12H2,1-2H3,(H,21,25). The first-order chi connectivity index (χ1) is 13.1. The van der Waals surface area contributed by atoms with Gasteiger partial charge in [0.05, 0.1) is 18.4 Å². The lowest BCUT2D eigenvalue weighted by Gasteiger charge is -2.22. The van der Waals surface area contributed by atoms with Gasteiger partial charge in [-0.05, 0) is 38.0 Å². The SMILES string of the molecule is CCn1c(SCC(=O)NC2CCCCC2)nnc1-c1cc(Cl)ccc1OC. The van der Waals surface area contributed by atoms with Crippen molar-refractivity contribution in [3.05, 3.63) is 23.2 Å². The van der Waals surface area contributed by atoms with Crippen LogP contribution in [-0.2, 0) is 11.3 Å². The Hall–Kier alpha value is -1.73. The van der Waals surface area contributed by atoms with Gasteiger partial charge in [0.15, 0.2) is 11.0 Å². The molecule has 1 saturated carbocycles. The summed E-state index contributed by atoms with van der Waals surface area (Å²) in [7, 11) is 1.62. The number of carbonyl (C=O) groups excluding carboxylic acids is 1. The zero-order valence-electron chi connectivity index (χ0n) is 15.7. The number of carbonyl (C=O) groups is 1. The van der Waals surface area contributed by atoms with Crippen LogP contribution < -0.4 is 10.1 Å². The number of ether oxygens (including phenoxy) is 1. The normalized spacial score (nSPS) is 14.9. The van der Waals surface area contributed by atoms with Crippen molar-refractivity contribution in [1.29, 1.82) is 0 Å². The van der Waals surface area contributed by atoms with Crippen LogP contribution in [0, 0.1) is 0 Å². The van der Waals surface area contributed by atoms with Gasteiger partial charge in [-0.3, -0.25) is 4.79 Å². The third-order valence-electron chi connectivity index (χ3n) is 4.74. The highest BCUT2D eigenvalue weighted by molar-refractivity contribution is 7.99. The van der Waals surface area contributed by atoms with E-state index in [0.29, 0.717) is 40.1 Å². The Morgan fingerprint density at radius 3 is 2.81 bits per heavy atom. The summed E-state index contributed by atoms with van der Waals surface area (Å²) in [4.78, 5) is 12.3. The van der Waals surface area contributed by atoms with Gasteiger partial charge in [0.25, 0.3) is 0 Å². The lowest BCUT2D eigenvalue weighted by molar-refractivity contribution is -0.119. The first-order valence-corrected chi connectivity index (χ1v) is 10.7. The molecule has 27 heavy (non-hydrogen) atoms. The van der Waals surface area contributed by atoms with Gasteiger partial charge in [0.1, 0.15) is 5.75 Å². The van der Waals surface area contributed by atoms with E-state index in [0.717, 1.165) is 18.4 Å². The van der Waals surface area contributed by atoms with Gasteiger partial charge in [-0.15, -0.1) is 10.2 Å². The van der Waals surface area contributed by atoms with Gasteiger partial charge in [0, 0.05) is 17.6 Å². The van der Waals surface area contributed by atoms with Gasteiger partial charge < -0.3 is 14.6 Å². The number of thioether (sulfide) groups is 1. The van der Waals surface area contributed by atoms with Crippen molar-refractivity contribution in [3.63, 3.8) is 0 Å². The fraction of sp³-hybridized carbons (Fsp3) is 0.526. The summed E-state index contributed by atoms with van der Waals surface area (Å²) in [6, 6.07) is 5.74. The van der Waals surface area contributed by atoms with Crippen LogP contribution in [0.25, 0.3) is 11.4 Å². The molecule has 1 heterocycles. The molecule has 1 aromatic heterocycles. The minimum Gasteiger partial charge on any atom is -0.496 e. The molecule has 6 nitrogen and oxygen atoms in total. The average molecular weight is 409 g/mol. The number of aromatic nitrogens is 3. The van der Waals surface area contributed by atoms with E-state index < -0.39 is 0 Å². The van der Waals surface area contributed by atoms with Crippen molar-refractivity contribution in [3.8, 4) is 17.1 Å². The van der Waals surface area contributed by atoms with Crippen LogP contribution in [0.1, 0.15) is 39.0 Å². The predicted octanol–water partition coefficient (Wildman–Crippen LogP) is 4.17. The van der Waals surface area contributed by atoms with Crippen LogP contribution in [-0.4, -0.2) is 39.6 Å². The second-order valence-electron chi connectivity index (χ2n) is 6.59. The third kappa shape index (κ3) is 4.96. The van der Waals surface area contributed by atoms with Gasteiger partial charge in [-0.1, -0.05) is 42.6 Å². The highest BCUT2D eigenvalue weighted by atomic mass is 35.5. The molecule has 1 aliphatic rings. The lowest BCUT2D eigenvalue weighted by atomic mass is 9.95. The molecular formula is C19H25ClN4O2S. The lowest BCUT2D eigenvalue weighted by Crippen LogP contribution is -2.37. The Morgan fingerprint density at radius 1 is 1.33 bits per heavy atom. The van der Waals surface area contributed by atoms with Crippen molar-refractivity contribution < 1.29 is 9.53 Å². The van der Waals surface area contributed by atoms with E-state index in [2.05, 4.69) is 15.5 Å². The van der Waals surface area contributed by atoms with Crippen molar-refractivity contribution >= 4 is 29.3 Å². The fourth-order valence-corrected chi connectivity index (χ4v) is 4.37. The minimum absolute atomic E-state index is 0.0550. The Balaban J connectivity index is 1.71. The molecule has 1 amide bonds. The number of methoxy groups -OCH3 is 1. The summed E-state index contributed by atoms with van der Waals surface area (Å²) in [5, 5.41) is 13.1. The maximum atomic E-state index is 12.3. The zero-order chi connectivity index (χ0) is 19.2. The predicted molar refractivity (Wildman–Crippen MR) is 108 cm³/mol. The number of nitrogens with zero attached hydrogens (tertiary/aromatic N) is 3. The Bertz CT molecular complexity index is 790. The molecule has 146 valence electrons. The Morgan fingerprint density at radius 2 is 2.11 bits per heavy atom. The summed E-state index contributed by atoms with van der Waals surface area (Å²) in [6.07, 6.45) is 5.84. The summed E-state index contributed by atoms with van der Waals surface area (Å²) in [5.41, 5.74) is 0.790. The summed E-state index contributed by atoms with van der Waals surface area (Å²) in [5.74, 6) is 1.76. The van der Waals surface area contributed by atoms with Crippen molar-refractivity contribution in [1.82, 2.24) is 20.1 Å². The topological polar surface area (TPSA) is 69.0 Å². The Labute approximate surface area is 169 Å². The molecular weight excluding hydrogens is 384 g/mol. The van der Waals surface area contributed by atoms with Crippen molar-refractivity contribution in [2.75, 3.05) is 12.9 Å². The molecule has 8 heteroatoms. The van der Waals surface area contributed by atoms with E-state index in [4.69, 9.17) is 16.3 Å². The molecule has 0 saturated heterocycles. The van der Waals surface area contributed by atoms with Crippen LogP contribution in [0.2, 0.25) is 5.02 Å². The van der Waals surface area contributed by atoms with Crippen molar-refractivity contribution in [2.45, 2.75) is 56.8 Å². The second kappa shape index (κ2) is 9.46. The van der Waals surface area contributed by atoms with E-state index in [9.17, 15) is 4.79 Å². The van der Waals surface area contributed by atoms with Gasteiger partial charge in [-0.25, -0.2) is 0 Å². The van der Waals surface area contributed by atoms with E-state index in [1.165, 1.54) is 31.0 Å². The van der Waals surface area contributed by atoms with Crippen LogP contribution in [0.15, 0.2) is 23.4 Å². The summed E-state index contributed by atoms with van der Waals surface area (Å²) >= 11 is 7.56.